The third-order valence-electron chi connectivity index (χ3n) is 5.33. The number of rotatable bonds is 7. The first-order valence-electron chi connectivity index (χ1n) is 11.2. The first-order valence-corrected chi connectivity index (χ1v) is 12.2. The summed E-state index contributed by atoms with van der Waals surface area (Å²) in [5, 5.41) is 5.83. The Bertz CT molecular complexity index is 1640. The summed E-state index contributed by atoms with van der Waals surface area (Å²) in [6, 6.07) is 21.9. The van der Waals surface area contributed by atoms with E-state index in [1.807, 2.05) is 42.5 Å². The van der Waals surface area contributed by atoms with E-state index < -0.39 is 5.97 Å². The summed E-state index contributed by atoms with van der Waals surface area (Å²) >= 11 is 2.12. The molecule has 8 nitrogen and oxygen atoms in total. The van der Waals surface area contributed by atoms with Crippen LogP contribution in [0.2, 0.25) is 0 Å². The van der Waals surface area contributed by atoms with Crippen LogP contribution in [-0.4, -0.2) is 35.1 Å². The lowest BCUT2D eigenvalue weighted by Crippen LogP contribution is -2.20. The van der Waals surface area contributed by atoms with Gasteiger partial charge < -0.3 is 13.9 Å². The zero-order chi connectivity index (χ0) is 25.1. The number of furan rings is 1. The molecule has 0 atom stereocenters. The van der Waals surface area contributed by atoms with E-state index in [-0.39, 0.29) is 12.2 Å². The molecule has 0 spiro atoms. The number of esters is 1. The van der Waals surface area contributed by atoms with Gasteiger partial charge in [-0.3, -0.25) is 4.79 Å². The molecule has 3 aromatic carbocycles. The van der Waals surface area contributed by atoms with Gasteiger partial charge in [-0.05, 0) is 77.5 Å². The molecule has 180 valence electrons. The Morgan fingerprint density at radius 3 is 2.72 bits per heavy atom. The van der Waals surface area contributed by atoms with Crippen molar-refractivity contribution in [2.75, 3.05) is 13.2 Å². The highest BCUT2D eigenvalue weighted by Gasteiger charge is 2.16. The van der Waals surface area contributed by atoms with Crippen LogP contribution in [0.25, 0.3) is 33.5 Å². The molecule has 0 aliphatic rings. The molecule has 9 heteroatoms. The molecule has 0 amide bonds. The van der Waals surface area contributed by atoms with E-state index in [9.17, 15) is 9.59 Å². The van der Waals surface area contributed by atoms with Gasteiger partial charge in [0.25, 0.3) is 5.56 Å². The highest BCUT2D eigenvalue weighted by molar-refractivity contribution is 14.1. The largest absolute Gasteiger partial charge is 0.481 e. The monoisotopic (exact) mass is 593 g/mol. The number of fused-ring (bicyclic) bond motifs is 2. The van der Waals surface area contributed by atoms with Crippen molar-refractivity contribution in [2.24, 2.45) is 5.10 Å². The number of hydrogen-bond donors (Lipinski definition) is 0. The predicted octanol–water partition coefficient (Wildman–Crippen LogP) is 5.24. The van der Waals surface area contributed by atoms with Crippen LogP contribution in [0, 0.1) is 3.57 Å². The van der Waals surface area contributed by atoms with Crippen LogP contribution in [0.15, 0.2) is 87.1 Å². The van der Waals surface area contributed by atoms with E-state index in [0.29, 0.717) is 40.4 Å². The molecule has 5 rings (SSSR count). The second kappa shape index (κ2) is 10.3. The molecule has 0 N–H and O–H groups in total. The minimum absolute atomic E-state index is 0.170. The summed E-state index contributed by atoms with van der Waals surface area (Å²) in [5.74, 6) is 0.859. The van der Waals surface area contributed by atoms with Crippen molar-refractivity contribution in [3.8, 4) is 17.3 Å². The zero-order valence-corrected chi connectivity index (χ0v) is 21.3. The second-order valence-corrected chi connectivity index (χ2v) is 8.91. The first kappa shape index (κ1) is 23.7. The van der Waals surface area contributed by atoms with Crippen molar-refractivity contribution in [3.63, 3.8) is 0 Å². The van der Waals surface area contributed by atoms with E-state index >= 15 is 0 Å². The number of halogens is 1. The van der Waals surface area contributed by atoms with Gasteiger partial charge in [-0.2, -0.15) is 9.78 Å². The summed E-state index contributed by atoms with van der Waals surface area (Å²) in [7, 11) is 0. The third kappa shape index (κ3) is 4.87. The van der Waals surface area contributed by atoms with Crippen molar-refractivity contribution >= 4 is 56.6 Å². The van der Waals surface area contributed by atoms with Gasteiger partial charge in [0.15, 0.2) is 12.4 Å². The number of para-hydroxylation sites is 2. The SMILES string of the molecule is CCOC(=O)COc1ccc(C=Nn2c(-c3cc4ccccc4o3)nc3ccccc3c2=O)cc1I. The number of carbonyl (C=O) groups is 1. The van der Waals surface area contributed by atoms with Crippen LogP contribution in [0.4, 0.5) is 0 Å². The Kier molecular flexibility index (Phi) is 6.81. The average Bonchev–Trinajstić information content (AvgIpc) is 3.32. The van der Waals surface area contributed by atoms with Gasteiger partial charge in [0.1, 0.15) is 11.3 Å². The highest BCUT2D eigenvalue weighted by atomic mass is 127. The Morgan fingerprint density at radius 2 is 1.92 bits per heavy atom. The molecule has 0 unspecified atom stereocenters. The van der Waals surface area contributed by atoms with Crippen molar-refractivity contribution in [3.05, 3.63) is 92.3 Å². The molecular weight excluding hydrogens is 573 g/mol. The number of hydrogen-bond acceptors (Lipinski definition) is 7. The maximum atomic E-state index is 13.4. The van der Waals surface area contributed by atoms with Crippen molar-refractivity contribution < 1.29 is 18.7 Å². The maximum absolute atomic E-state index is 13.4. The topological polar surface area (TPSA) is 95.9 Å². The molecule has 0 saturated heterocycles. The minimum Gasteiger partial charge on any atom is -0.481 e. The molecule has 5 aromatic rings. The Balaban J connectivity index is 1.52. The summed E-state index contributed by atoms with van der Waals surface area (Å²) in [6.45, 7) is 1.87. The molecule has 0 radical (unpaired) electrons. The summed E-state index contributed by atoms with van der Waals surface area (Å²) in [5.41, 5.74) is 1.68. The van der Waals surface area contributed by atoms with E-state index in [1.54, 1.807) is 43.5 Å². The lowest BCUT2D eigenvalue weighted by molar-refractivity contribution is -0.145. The van der Waals surface area contributed by atoms with E-state index in [0.717, 1.165) is 14.5 Å². The Morgan fingerprint density at radius 1 is 1.11 bits per heavy atom. The summed E-state index contributed by atoms with van der Waals surface area (Å²) in [6.07, 6.45) is 1.57. The van der Waals surface area contributed by atoms with Crippen molar-refractivity contribution in [2.45, 2.75) is 6.92 Å². The molecule has 0 saturated carbocycles. The van der Waals surface area contributed by atoms with Gasteiger partial charge >= 0.3 is 5.97 Å². The quantitative estimate of drug-likeness (QED) is 0.146. The third-order valence-corrected chi connectivity index (χ3v) is 6.17. The molecule has 0 fully saturated rings. The van der Waals surface area contributed by atoms with Crippen molar-refractivity contribution in [1.29, 1.82) is 0 Å². The highest BCUT2D eigenvalue weighted by Crippen LogP contribution is 2.27. The van der Waals surface area contributed by atoms with Crippen LogP contribution < -0.4 is 10.3 Å². The fourth-order valence-corrected chi connectivity index (χ4v) is 4.36. The Labute approximate surface area is 219 Å². The van der Waals surface area contributed by atoms with Crippen LogP contribution >= 0.6 is 22.6 Å². The fraction of sp³-hybridized carbons (Fsp3) is 0.111. The zero-order valence-electron chi connectivity index (χ0n) is 19.2. The lowest BCUT2D eigenvalue weighted by atomic mass is 10.2. The molecule has 2 heterocycles. The van der Waals surface area contributed by atoms with E-state index in [1.165, 1.54) is 4.68 Å². The van der Waals surface area contributed by atoms with Crippen LogP contribution in [0.5, 0.6) is 5.75 Å². The first-order chi connectivity index (χ1) is 17.5. The number of benzene rings is 3. The molecule has 0 aliphatic heterocycles. The van der Waals surface area contributed by atoms with Gasteiger partial charge in [-0.15, -0.1) is 0 Å². The van der Waals surface area contributed by atoms with Gasteiger partial charge in [-0.1, -0.05) is 30.3 Å². The predicted molar refractivity (Wildman–Crippen MR) is 145 cm³/mol. The molecular formula is C27H20IN3O5. The van der Waals surface area contributed by atoms with Crippen molar-refractivity contribution in [1.82, 2.24) is 9.66 Å². The average molecular weight is 593 g/mol. The number of ether oxygens (including phenoxy) is 2. The Hall–Kier alpha value is -3.99. The number of nitrogens with zero attached hydrogens (tertiary/aromatic N) is 3. The standard InChI is InChI=1S/C27H20IN3O5/c1-2-34-25(32)16-35-23-12-11-17(13-20(23)28)15-29-31-26(24-14-18-7-3-6-10-22(18)36-24)30-21-9-5-4-8-19(21)27(31)33/h3-15H,2,16H2,1H3. The fourth-order valence-electron chi connectivity index (χ4n) is 3.66. The smallest absolute Gasteiger partial charge is 0.344 e. The molecule has 0 bridgehead atoms. The molecule has 2 aromatic heterocycles. The van der Waals surface area contributed by atoms with Crippen LogP contribution in [0.1, 0.15) is 12.5 Å². The minimum atomic E-state index is -0.430. The number of aromatic nitrogens is 2. The number of carbonyl (C=O) groups excluding carboxylic acids is 1. The van der Waals surface area contributed by atoms with Crippen LogP contribution in [-0.2, 0) is 9.53 Å². The van der Waals surface area contributed by atoms with Gasteiger partial charge in [0, 0.05) is 5.39 Å². The van der Waals surface area contributed by atoms with Gasteiger partial charge in [-0.25, -0.2) is 9.78 Å². The van der Waals surface area contributed by atoms with Crippen LogP contribution in [0.3, 0.4) is 0 Å². The normalized spacial score (nSPS) is 11.4. The molecule has 0 aliphatic carbocycles. The maximum Gasteiger partial charge on any atom is 0.344 e. The summed E-state index contributed by atoms with van der Waals surface area (Å²) < 4.78 is 18.5. The second-order valence-electron chi connectivity index (χ2n) is 7.75. The van der Waals surface area contributed by atoms with E-state index in [4.69, 9.17) is 18.9 Å². The summed E-state index contributed by atoms with van der Waals surface area (Å²) in [4.78, 5) is 29.6. The van der Waals surface area contributed by atoms with E-state index in [2.05, 4.69) is 27.7 Å². The van der Waals surface area contributed by atoms with Gasteiger partial charge in [0.2, 0.25) is 5.82 Å². The van der Waals surface area contributed by atoms with Gasteiger partial charge in [0.05, 0.1) is 27.3 Å². The lowest BCUT2D eigenvalue weighted by Gasteiger charge is -2.09. The molecule has 36 heavy (non-hydrogen) atoms.